The van der Waals surface area contributed by atoms with Gasteiger partial charge >= 0.3 is 0 Å². The fraction of sp³-hybridized carbons (Fsp3) is 0.444. The van der Waals surface area contributed by atoms with Crippen molar-refractivity contribution in [1.29, 1.82) is 0 Å². The first-order chi connectivity index (χ1) is 11.1. The highest BCUT2D eigenvalue weighted by molar-refractivity contribution is 5.83. The summed E-state index contributed by atoms with van der Waals surface area (Å²) in [6, 6.07) is 14.6. The van der Waals surface area contributed by atoms with Crippen LogP contribution in [0.1, 0.15) is 18.5 Å². The van der Waals surface area contributed by atoms with Crippen LogP contribution in [0.5, 0.6) is 0 Å². The first-order valence-electron chi connectivity index (χ1n) is 7.94. The number of fused-ring (bicyclic) bond motifs is 1. The molecule has 1 fully saturated rings. The largest absolute Gasteiger partial charge is 0.394 e. The second-order valence-electron chi connectivity index (χ2n) is 6.11. The van der Waals surface area contributed by atoms with E-state index >= 15 is 0 Å². The predicted octanol–water partition coefficient (Wildman–Crippen LogP) is 0.972. The van der Waals surface area contributed by atoms with E-state index in [9.17, 15) is 10.2 Å². The molecule has 1 aliphatic heterocycles. The van der Waals surface area contributed by atoms with Gasteiger partial charge in [0.1, 0.15) is 18.3 Å². The molecule has 0 aromatic heterocycles. The van der Waals surface area contributed by atoms with Crippen molar-refractivity contribution in [3.8, 4) is 0 Å². The highest BCUT2D eigenvalue weighted by atomic mass is 16.6. The van der Waals surface area contributed by atoms with Crippen LogP contribution in [0.4, 0.5) is 0 Å². The van der Waals surface area contributed by atoms with E-state index in [4.69, 9.17) is 9.84 Å². The fourth-order valence-corrected chi connectivity index (χ4v) is 3.03. The van der Waals surface area contributed by atoms with Gasteiger partial charge in [-0.25, -0.2) is 0 Å². The summed E-state index contributed by atoms with van der Waals surface area (Å²) in [4.78, 5) is 0. The Kier molecular flexibility index (Phi) is 4.94. The van der Waals surface area contributed by atoms with Crippen molar-refractivity contribution in [2.24, 2.45) is 0 Å². The molecule has 0 aliphatic carbocycles. The summed E-state index contributed by atoms with van der Waals surface area (Å²) in [6.07, 6.45) is -3.26. The summed E-state index contributed by atoms with van der Waals surface area (Å²) in [5.74, 6) is 0. The third-order valence-electron chi connectivity index (χ3n) is 4.54. The molecule has 2 aromatic rings. The quantitative estimate of drug-likeness (QED) is 0.661. The van der Waals surface area contributed by atoms with Crippen LogP contribution in [0.3, 0.4) is 0 Å². The maximum Gasteiger partial charge on any atom is 0.111 e. The number of hydrogen-bond acceptors (Lipinski definition) is 5. The first-order valence-corrected chi connectivity index (χ1v) is 7.94. The Morgan fingerprint density at radius 3 is 2.43 bits per heavy atom. The van der Waals surface area contributed by atoms with Crippen molar-refractivity contribution in [3.05, 3.63) is 48.0 Å². The van der Waals surface area contributed by atoms with Gasteiger partial charge in [0.05, 0.1) is 12.7 Å². The molecule has 1 saturated heterocycles. The predicted molar refractivity (Wildman–Crippen MR) is 88.1 cm³/mol. The molecule has 4 N–H and O–H groups in total. The molecule has 0 saturated carbocycles. The molecule has 124 valence electrons. The van der Waals surface area contributed by atoms with E-state index in [0.717, 1.165) is 5.56 Å². The Morgan fingerprint density at radius 2 is 1.74 bits per heavy atom. The molecule has 2 aromatic carbocycles. The number of aliphatic hydroxyl groups is 3. The van der Waals surface area contributed by atoms with E-state index in [1.54, 1.807) is 0 Å². The molecule has 3 rings (SSSR count). The van der Waals surface area contributed by atoms with Crippen molar-refractivity contribution in [1.82, 2.24) is 5.32 Å². The maximum atomic E-state index is 9.96. The van der Waals surface area contributed by atoms with Crippen LogP contribution < -0.4 is 5.32 Å². The smallest absolute Gasteiger partial charge is 0.111 e. The Bertz CT molecular complexity index is 662. The number of hydrogen-bond donors (Lipinski definition) is 4. The molecule has 0 bridgehead atoms. The van der Waals surface area contributed by atoms with E-state index in [-0.39, 0.29) is 12.6 Å². The summed E-state index contributed by atoms with van der Waals surface area (Å²) in [7, 11) is 0. The highest BCUT2D eigenvalue weighted by Gasteiger charge is 2.41. The van der Waals surface area contributed by atoms with Crippen LogP contribution in [0, 0.1) is 0 Å². The van der Waals surface area contributed by atoms with Gasteiger partial charge in [0, 0.05) is 12.6 Å². The van der Waals surface area contributed by atoms with E-state index in [2.05, 4.69) is 35.6 Å². The molecular formula is C18H23NO4. The third-order valence-corrected chi connectivity index (χ3v) is 4.54. The minimum absolute atomic E-state index is 0.0840. The highest BCUT2D eigenvalue weighted by Crippen LogP contribution is 2.23. The third kappa shape index (κ3) is 3.39. The molecule has 1 heterocycles. The number of rotatable bonds is 5. The van der Waals surface area contributed by atoms with Gasteiger partial charge in [-0.3, -0.25) is 0 Å². The standard InChI is InChI=1S/C18H23NO4/c1-11(13-7-6-12-4-2-3-5-14(12)8-13)19-9-15-17(21)18(22)16(10-20)23-15/h2-8,11,15-22H,9-10H2,1H3/t11-,15+,16+,17+,18+/m0/s1. The van der Waals surface area contributed by atoms with Gasteiger partial charge < -0.3 is 25.4 Å². The first kappa shape index (κ1) is 16.4. The van der Waals surface area contributed by atoms with Crippen LogP contribution in [-0.4, -0.2) is 52.9 Å². The average Bonchev–Trinajstić information content (AvgIpc) is 2.87. The Labute approximate surface area is 135 Å². The molecule has 0 radical (unpaired) electrons. The Hall–Kier alpha value is -1.50. The van der Waals surface area contributed by atoms with Crippen LogP contribution >= 0.6 is 0 Å². The van der Waals surface area contributed by atoms with Crippen LogP contribution in [0.15, 0.2) is 42.5 Å². The lowest BCUT2D eigenvalue weighted by Crippen LogP contribution is -2.38. The molecule has 0 unspecified atom stereocenters. The maximum absolute atomic E-state index is 9.96. The minimum Gasteiger partial charge on any atom is -0.394 e. The molecule has 23 heavy (non-hydrogen) atoms. The van der Waals surface area contributed by atoms with Crippen molar-refractivity contribution < 1.29 is 20.1 Å². The van der Waals surface area contributed by atoms with E-state index < -0.39 is 24.4 Å². The molecular weight excluding hydrogens is 294 g/mol. The van der Waals surface area contributed by atoms with Crippen molar-refractivity contribution in [2.75, 3.05) is 13.2 Å². The molecule has 5 atom stereocenters. The van der Waals surface area contributed by atoms with E-state index in [0.29, 0.717) is 6.54 Å². The summed E-state index contributed by atoms with van der Waals surface area (Å²) in [5, 5.41) is 34.5. The number of aliphatic hydroxyl groups excluding tert-OH is 3. The number of nitrogens with one attached hydrogen (secondary N) is 1. The number of ether oxygens (including phenoxy) is 1. The van der Waals surface area contributed by atoms with Crippen molar-refractivity contribution >= 4 is 10.8 Å². The minimum atomic E-state index is -1.04. The Balaban J connectivity index is 1.63. The molecule has 0 amide bonds. The normalized spacial score (nSPS) is 29.0. The Morgan fingerprint density at radius 1 is 1.04 bits per heavy atom. The van der Waals surface area contributed by atoms with Crippen molar-refractivity contribution in [2.45, 2.75) is 37.4 Å². The van der Waals surface area contributed by atoms with Gasteiger partial charge in [-0.05, 0) is 29.3 Å². The van der Waals surface area contributed by atoms with E-state index in [1.807, 2.05) is 19.1 Å². The monoisotopic (exact) mass is 317 g/mol. The van der Waals surface area contributed by atoms with Crippen LogP contribution in [0.2, 0.25) is 0 Å². The fourth-order valence-electron chi connectivity index (χ4n) is 3.03. The number of benzene rings is 2. The topological polar surface area (TPSA) is 82.0 Å². The average molecular weight is 317 g/mol. The van der Waals surface area contributed by atoms with Crippen LogP contribution in [-0.2, 0) is 4.74 Å². The molecule has 1 aliphatic rings. The van der Waals surface area contributed by atoms with Gasteiger partial charge in [-0.15, -0.1) is 0 Å². The SMILES string of the molecule is C[C@H](NC[C@H]1O[C@H](CO)[C@@H](O)[C@@H]1O)c1ccc2ccccc2c1. The second kappa shape index (κ2) is 6.95. The summed E-state index contributed by atoms with van der Waals surface area (Å²) in [6.45, 7) is 2.16. The molecule has 0 spiro atoms. The van der Waals surface area contributed by atoms with Gasteiger partial charge in [-0.1, -0.05) is 36.4 Å². The van der Waals surface area contributed by atoms with Gasteiger partial charge in [0.2, 0.25) is 0 Å². The zero-order chi connectivity index (χ0) is 16.4. The second-order valence-corrected chi connectivity index (χ2v) is 6.11. The zero-order valence-corrected chi connectivity index (χ0v) is 13.1. The summed E-state index contributed by atoms with van der Waals surface area (Å²) >= 11 is 0. The molecule has 5 heteroatoms. The van der Waals surface area contributed by atoms with Gasteiger partial charge in [-0.2, -0.15) is 0 Å². The lowest BCUT2D eigenvalue weighted by atomic mass is 10.0. The lowest BCUT2D eigenvalue weighted by Gasteiger charge is -2.20. The van der Waals surface area contributed by atoms with Crippen LogP contribution in [0.25, 0.3) is 10.8 Å². The van der Waals surface area contributed by atoms with E-state index in [1.165, 1.54) is 10.8 Å². The van der Waals surface area contributed by atoms with Crippen molar-refractivity contribution in [3.63, 3.8) is 0 Å². The summed E-state index contributed by atoms with van der Waals surface area (Å²) < 4.78 is 5.48. The molecule has 5 nitrogen and oxygen atoms in total. The van der Waals surface area contributed by atoms with Gasteiger partial charge in [0.15, 0.2) is 0 Å². The lowest BCUT2D eigenvalue weighted by molar-refractivity contribution is -0.0218. The zero-order valence-electron chi connectivity index (χ0n) is 13.1. The van der Waals surface area contributed by atoms with Gasteiger partial charge in [0.25, 0.3) is 0 Å². The summed E-state index contributed by atoms with van der Waals surface area (Å²) in [5.41, 5.74) is 1.15.